The molecule has 0 radical (unpaired) electrons. The Morgan fingerprint density at radius 3 is 3.04 bits per heavy atom. The largest absolute Gasteiger partial charge is 0.459 e. The van der Waals surface area contributed by atoms with Gasteiger partial charge in [-0.15, -0.1) is 10.2 Å². The Labute approximate surface area is 170 Å². The molecule has 0 aromatic carbocycles. The number of amides is 1. The van der Waals surface area contributed by atoms with E-state index in [9.17, 15) is 9.59 Å². The van der Waals surface area contributed by atoms with Crippen molar-refractivity contribution >= 4 is 50.4 Å². The SMILES string of the molecule is CCCc1nn2c(=O)cc(CSc3nnc(NC(=O)c4ccco4)s3)nc2s1. The first kappa shape index (κ1) is 18.8. The molecule has 4 aromatic heterocycles. The van der Waals surface area contributed by atoms with Gasteiger partial charge in [0.1, 0.15) is 5.01 Å². The van der Waals surface area contributed by atoms with E-state index in [0.29, 0.717) is 25.9 Å². The third kappa shape index (κ3) is 4.13. The molecule has 0 atom stereocenters. The molecule has 4 aromatic rings. The van der Waals surface area contributed by atoms with Crippen molar-refractivity contribution in [2.24, 2.45) is 0 Å². The topological polar surface area (TPSA) is 115 Å². The third-order valence-electron chi connectivity index (χ3n) is 3.52. The molecule has 0 saturated heterocycles. The monoisotopic (exact) mass is 434 g/mol. The van der Waals surface area contributed by atoms with Crippen LogP contribution in [0.2, 0.25) is 0 Å². The molecule has 0 fully saturated rings. The zero-order valence-electron chi connectivity index (χ0n) is 14.6. The van der Waals surface area contributed by atoms with Crippen LogP contribution in [0.4, 0.5) is 5.13 Å². The molecular weight excluding hydrogens is 420 g/mol. The van der Waals surface area contributed by atoms with Crippen LogP contribution in [0.1, 0.15) is 34.6 Å². The number of fused-ring (bicyclic) bond motifs is 1. The van der Waals surface area contributed by atoms with E-state index in [4.69, 9.17) is 4.42 Å². The second kappa shape index (κ2) is 8.20. The number of aryl methyl sites for hydroxylation is 1. The van der Waals surface area contributed by atoms with Gasteiger partial charge in [0.25, 0.3) is 11.5 Å². The molecular formula is C16H14N6O3S3. The summed E-state index contributed by atoms with van der Waals surface area (Å²) in [5.41, 5.74) is 0.459. The zero-order chi connectivity index (χ0) is 19.5. The number of nitrogens with one attached hydrogen (secondary N) is 1. The van der Waals surface area contributed by atoms with Crippen molar-refractivity contribution in [3.05, 3.63) is 51.3 Å². The number of hydrogen-bond donors (Lipinski definition) is 1. The smallest absolute Gasteiger partial charge is 0.293 e. The predicted molar refractivity (Wildman–Crippen MR) is 107 cm³/mol. The van der Waals surface area contributed by atoms with Gasteiger partial charge in [-0.25, -0.2) is 4.98 Å². The number of thioether (sulfide) groups is 1. The average Bonchev–Trinajstić information content (AvgIpc) is 3.41. The van der Waals surface area contributed by atoms with Crippen LogP contribution < -0.4 is 10.9 Å². The van der Waals surface area contributed by atoms with E-state index in [2.05, 4.69) is 32.5 Å². The van der Waals surface area contributed by atoms with Gasteiger partial charge in [-0.2, -0.15) is 9.61 Å². The molecule has 0 saturated carbocycles. The van der Waals surface area contributed by atoms with Gasteiger partial charge in [-0.05, 0) is 18.6 Å². The fourth-order valence-electron chi connectivity index (χ4n) is 2.31. The molecule has 0 bridgehead atoms. The second-order valence-corrected chi connectivity index (χ2v) is 8.86. The number of anilines is 1. The van der Waals surface area contributed by atoms with Crippen LogP contribution in [-0.2, 0) is 12.2 Å². The molecule has 0 aliphatic rings. The van der Waals surface area contributed by atoms with Crippen LogP contribution in [0.25, 0.3) is 4.96 Å². The maximum atomic E-state index is 12.2. The van der Waals surface area contributed by atoms with Gasteiger partial charge in [-0.3, -0.25) is 14.9 Å². The van der Waals surface area contributed by atoms with Crippen molar-refractivity contribution in [2.75, 3.05) is 5.32 Å². The maximum absolute atomic E-state index is 12.2. The highest BCUT2D eigenvalue weighted by atomic mass is 32.2. The van der Waals surface area contributed by atoms with Gasteiger partial charge in [0.05, 0.1) is 12.0 Å². The van der Waals surface area contributed by atoms with Crippen LogP contribution in [0, 0.1) is 0 Å². The van der Waals surface area contributed by atoms with E-state index >= 15 is 0 Å². The van der Waals surface area contributed by atoms with Crippen molar-refractivity contribution < 1.29 is 9.21 Å². The lowest BCUT2D eigenvalue weighted by molar-refractivity contribution is 0.0996. The quantitative estimate of drug-likeness (QED) is 0.348. The Kier molecular flexibility index (Phi) is 5.50. The molecule has 0 spiro atoms. The minimum atomic E-state index is -0.383. The fraction of sp³-hybridized carbons (Fsp3) is 0.250. The number of carbonyl (C=O) groups is 1. The van der Waals surface area contributed by atoms with Crippen molar-refractivity contribution in [2.45, 2.75) is 29.9 Å². The van der Waals surface area contributed by atoms with Crippen LogP contribution in [0.15, 0.2) is 38.0 Å². The highest BCUT2D eigenvalue weighted by molar-refractivity contribution is 8.00. The molecule has 28 heavy (non-hydrogen) atoms. The number of rotatable bonds is 7. The fourth-order valence-corrected chi connectivity index (χ4v) is 4.96. The summed E-state index contributed by atoms with van der Waals surface area (Å²) in [5.74, 6) is 0.286. The number of furan rings is 1. The summed E-state index contributed by atoms with van der Waals surface area (Å²) in [6.07, 6.45) is 3.22. The summed E-state index contributed by atoms with van der Waals surface area (Å²) in [6, 6.07) is 4.69. The first-order valence-electron chi connectivity index (χ1n) is 8.32. The minimum absolute atomic E-state index is 0.192. The lowest BCUT2D eigenvalue weighted by atomic mass is 10.4. The van der Waals surface area contributed by atoms with Gasteiger partial charge < -0.3 is 4.42 Å². The van der Waals surface area contributed by atoms with Crippen molar-refractivity contribution in [3.8, 4) is 0 Å². The molecule has 4 heterocycles. The molecule has 0 unspecified atom stereocenters. The Bertz CT molecular complexity index is 1160. The van der Waals surface area contributed by atoms with Gasteiger partial charge in [0.2, 0.25) is 10.1 Å². The van der Waals surface area contributed by atoms with Gasteiger partial charge in [0, 0.05) is 18.2 Å². The highest BCUT2D eigenvalue weighted by Crippen LogP contribution is 2.28. The summed E-state index contributed by atoms with van der Waals surface area (Å²) < 4.78 is 7.04. The first-order chi connectivity index (χ1) is 13.6. The average molecular weight is 435 g/mol. The normalized spacial score (nSPS) is 11.2. The minimum Gasteiger partial charge on any atom is -0.459 e. The zero-order valence-corrected chi connectivity index (χ0v) is 17.1. The van der Waals surface area contributed by atoms with E-state index in [0.717, 1.165) is 17.8 Å². The molecule has 9 nitrogen and oxygen atoms in total. The van der Waals surface area contributed by atoms with Crippen molar-refractivity contribution in [1.82, 2.24) is 24.8 Å². The molecule has 12 heteroatoms. The molecule has 0 aliphatic heterocycles. The summed E-state index contributed by atoms with van der Waals surface area (Å²) in [5, 5.41) is 16.2. The molecule has 0 aliphatic carbocycles. The summed E-state index contributed by atoms with van der Waals surface area (Å²) >= 11 is 4.07. The molecule has 144 valence electrons. The molecule has 4 rings (SSSR count). The lowest BCUT2D eigenvalue weighted by Gasteiger charge is -1.98. The number of aromatic nitrogens is 5. The highest BCUT2D eigenvalue weighted by Gasteiger charge is 2.14. The van der Waals surface area contributed by atoms with Crippen LogP contribution >= 0.6 is 34.4 Å². The predicted octanol–water partition coefficient (Wildman–Crippen LogP) is 3.09. The van der Waals surface area contributed by atoms with Crippen LogP contribution in [-0.4, -0.2) is 30.7 Å². The first-order valence-corrected chi connectivity index (χ1v) is 10.9. The van der Waals surface area contributed by atoms with E-state index < -0.39 is 0 Å². The van der Waals surface area contributed by atoms with E-state index in [1.807, 2.05) is 0 Å². The van der Waals surface area contributed by atoms with Crippen LogP contribution in [0.5, 0.6) is 0 Å². The van der Waals surface area contributed by atoms with Gasteiger partial charge >= 0.3 is 0 Å². The summed E-state index contributed by atoms with van der Waals surface area (Å²) in [7, 11) is 0. The summed E-state index contributed by atoms with van der Waals surface area (Å²) in [4.78, 5) is 29.3. The number of carbonyl (C=O) groups excluding carboxylic acids is 1. The third-order valence-corrected chi connectivity index (χ3v) is 6.49. The molecule has 1 N–H and O–H groups in total. The van der Waals surface area contributed by atoms with Gasteiger partial charge in [0.15, 0.2) is 10.1 Å². The Morgan fingerprint density at radius 2 is 2.25 bits per heavy atom. The lowest BCUT2D eigenvalue weighted by Crippen LogP contribution is -2.15. The van der Waals surface area contributed by atoms with Crippen LogP contribution in [0.3, 0.4) is 0 Å². The van der Waals surface area contributed by atoms with E-state index in [1.54, 1.807) is 12.1 Å². The van der Waals surface area contributed by atoms with E-state index in [-0.39, 0.29) is 17.2 Å². The van der Waals surface area contributed by atoms with Gasteiger partial charge in [-0.1, -0.05) is 41.4 Å². The number of nitrogens with zero attached hydrogens (tertiary/aromatic N) is 5. The molecule has 1 amide bonds. The summed E-state index contributed by atoms with van der Waals surface area (Å²) in [6.45, 7) is 2.07. The Morgan fingerprint density at radius 1 is 1.36 bits per heavy atom. The second-order valence-electron chi connectivity index (χ2n) is 5.62. The Hall–Kier alpha value is -2.57. The maximum Gasteiger partial charge on any atom is 0.293 e. The Balaban J connectivity index is 1.42. The van der Waals surface area contributed by atoms with Crippen molar-refractivity contribution in [1.29, 1.82) is 0 Å². The van der Waals surface area contributed by atoms with Crippen molar-refractivity contribution in [3.63, 3.8) is 0 Å². The number of hydrogen-bond acceptors (Lipinski definition) is 10. The van der Waals surface area contributed by atoms with E-state index in [1.165, 1.54) is 51.3 Å². The standard InChI is InChI=1S/C16H14N6O3S3/c1-2-4-11-21-22-12(23)7-9(17-15(22)27-11)8-26-16-20-19-14(28-16)18-13(24)10-5-3-6-25-10/h3,5-7H,2,4,8H2,1H3,(H,18,19,24).